The third-order valence-corrected chi connectivity index (χ3v) is 1.27. The van der Waals surface area contributed by atoms with Crippen LogP contribution in [0.1, 0.15) is 6.42 Å². The number of hydrogen-bond acceptors (Lipinski definition) is 2. The van der Waals surface area contributed by atoms with E-state index in [1.165, 1.54) is 0 Å². The van der Waals surface area contributed by atoms with E-state index in [0.29, 0.717) is 13.1 Å². The summed E-state index contributed by atoms with van der Waals surface area (Å²) in [4.78, 5) is 12.5. The predicted molar refractivity (Wildman–Crippen MR) is 37.5 cm³/mol. The Bertz CT molecular complexity index is 97.1. The van der Waals surface area contributed by atoms with Crippen molar-refractivity contribution in [1.29, 1.82) is 0 Å². The molecule has 0 aromatic rings. The summed E-state index contributed by atoms with van der Waals surface area (Å²) in [5.74, 6) is 0.170. The molecule has 1 amide bonds. The van der Waals surface area contributed by atoms with Crippen molar-refractivity contribution in [3.63, 3.8) is 0 Å². The number of carbonyl (C=O) groups is 1. The van der Waals surface area contributed by atoms with Gasteiger partial charge < -0.3 is 5.32 Å². The minimum atomic E-state index is 0. The van der Waals surface area contributed by atoms with Gasteiger partial charge in [-0.3, -0.25) is 9.69 Å². The lowest BCUT2D eigenvalue weighted by Gasteiger charge is -2.21. The largest absolute Gasteiger partial charge is 0.343 e. The molecule has 1 heterocycles. The summed E-state index contributed by atoms with van der Waals surface area (Å²) in [5, 5.41) is 2.72. The molecule has 1 rings (SSSR count). The molecule has 0 spiro atoms. The van der Waals surface area contributed by atoms with Gasteiger partial charge in [0.15, 0.2) is 0 Å². The van der Waals surface area contributed by atoms with Crippen LogP contribution < -0.4 is 5.32 Å². The highest BCUT2D eigenvalue weighted by molar-refractivity contribution is 5.85. The number of nitrogens with one attached hydrogen (secondary N) is 1. The van der Waals surface area contributed by atoms with Crippen molar-refractivity contribution in [3.05, 3.63) is 0 Å². The average Bonchev–Trinajstić information content (AvgIpc) is 1.77. The lowest BCUT2D eigenvalue weighted by molar-refractivity contribution is -0.123. The van der Waals surface area contributed by atoms with E-state index in [1.807, 2.05) is 7.05 Å². The first-order valence-electron chi connectivity index (χ1n) is 2.74. The Morgan fingerprint density at radius 3 is 2.67 bits per heavy atom. The predicted octanol–water partition coefficient (Wildman–Crippen LogP) is -0.183. The molecule has 54 valence electrons. The summed E-state index contributed by atoms with van der Waals surface area (Å²) in [6, 6.07) is 0. The van der Waals surface area contributed by atoms with E-state index in [4.69, 9.17) is 0 Å². The van der Waals surface area contributed by atoms with Crippen molar-refractivity contribution in [2.24, 2.45) is 0 Å². The molecule has 0 bridgehead atoms. The summed E-state index contributed by atoms with van der Waals surface area (Å²) in [6.45, 7) is 1.60. The average molecular weight is 151 g/mol. The zero-order valence-corrected chi connectivity index (χ0v) is 6.20. The van der Waals surface area contributed by atoms with E-state index in [9.17, 15) is 4.79 Å². The van der Waals surface area contributed by atoms with Gasteiger partial charge in [-0.25, -0.2) is 0 Å². The first-order chi connectivity index (χ1) is 3.79. The van der Waals surface area contributed by atoms with E-state index in [0.717, 1.165) is 6.54 Å². The second-order valence-corrected chi connectivity index (χ2v) is 2.09. The zero-order chi connectivity index (χ0) is 5.98. The monoisotopic (exact) mass is 150 g/mol. The molecule has 0 saturated carbocycles. The Morgan fingerprint density at radius 1 is 1.67 bits per heavy atom. The fourth-order valence-corrected chi connectivity index (χ4v) is 0.683. The van der Waals surface area contributed by atoms with Crippen LogP contribution in [0, 0.1) is 0 Å². The minimum Gasteiger partial charge on any atom is -0.343 e. The van der Waals surface area contributed by atoms with E-state index in [2.05, 4.69) is 10.2 Å². The number of amides is 1. The van der Waals surface area contributed by atoms with Crippen LogP contribution in [0.4, 0.5) is 0 Å². The summed E-state index contributed by atoms with van der Waals surface area (Å²) in [6.07, 6.45) is 0.649. The van der Waals surface area contributed by atoms with Crippen LogP contribution in [0.5, 0.6) is 0 Å². The molecular weight excluding hydrogens is 140 g/mol. The Morgan fingerprint density at radius 2 is 2.33 bits per heavy atom. The van der Waals surface area contributed by atoms with Crippen LogP contribution in [-0.4, -0.2) is 31.1 Å². The van der Waals surface area contributed by atoms with Crippen molar-refractivity contribution >= 4 is 18.3 Å². The first kappa shape index (κ1) is 8.72. The molecular formula is C5H11ClN2O. The highest BCUT2D eigenvalue weighted by Gasteiger charge is 2.09. The second kappa shape index (κ2) is 3.69. The van der Waals surface area contributed by atoms with Gasteiger partial charge in [0.25, 0.3) is 0 Å². The molecule has 1 saturated heterocycles. The number of hydrogen-bond donors (Lipinski definition) is 1. The maximum atomic E-state index is 10.5. The Labute approximate surface area is 60.8 Å². The summed E-state index contributed by atoms with van der Waals surface area (Å²) in [5.41, 5.74) is 0. The van der Waals surface area contributed by atoms with E-state index >= 15 is 0 Å². The van der Waals surface area contributed by atoms with Crippen molar-refractivity contribution < 1.29 is 4.79 Å². The first-order valence-corrected chi connectivity index (χ1v) is 2.74. The van der Waals surface area contributed by atoms with Crippen molar-refractivity contribution in [2.75, 3.05) is 20.3 Å². The van der Waals surface area contributed by atoms with Gasteiger partial charge in [-0.1, -0.05) is 0 Å². The Balaban J connectivity index is 0.000000640. The molecule has 1 N–H and O–H groups in total. The number of halogens is 1. The topological polar surface area (TPSA) is 32.3 Å². The van der Waals surface area contributed by atoms with Gasteiger partial charge in [0.2, 0.25) is 5.91 Å². The lowest BCUT2D eigenvalue weighted by Crippen LogP contribution is -2.42. The minimum absolute atomic E-state index is 0. The molecule has 0 unspecified atom stereocenters. The summed E-state index contributed by atoms with van der Waals surface area (Å²) >= 11 is 0. The van der Waals surface area contributed by atoms with Crippen LogP contribution in [0.2, 0.25) is 0 Å². The van der Waals surface area contributed by atoms with Gasteiger partial charge in [0, 0.05) is 13.0 Å². The van der Waals surface area contributed by atoms with E-state index < -0.39 is 0 Å². The number of nitrogens with zero attached hydrogens (tertiary/aromatic N) is 1. The smallest absolute Gasteiger partial charge is 0.222 e. The van der Waals surface area contributed by atoms with Gasteiger partial charge in [-0.15, -0.1) is 12.4 Å². The molecule has 3 nitrogen and oxygen atoms in total. The van der Waals surface area contributed by atoms with Crippen LogP contribution in [-0.2, 0) is 4.79 Å². The maximum Gasteiger partial charge on any atom is 0.222 e. The molecule has 0 aromatic carbocycles. The molecule has 0 atom stereocenters. The lowest BCUT2D eigenvalue weighted by atomic mass is 10.3. The van der Waals surface area contributed by atoms with Crippen LogP contribution in [0.25, 0.3) is 0 Å². The molecule has 1 aliphatic rings. The van der Waals surface area contributed by atoms with Crippen LogP contribution in [0.15, 0.2) is 0 Å². The standard InChI is InChI=1S/C5H10N2O.ClH/c1-7-3-2-5(8)6-4-7;/h2-4H2,1H3,(H,6,8);1H. The van der Waals surface area contributed by atoms with Gasteiger partial charge in [-0.2, -0.15) is 0 Å². The third kappa shape index (κ3) is 2.67. The zero-order valence-electron chi connectivity index (χ0n) is 5.39. The number of rotatable bonds is 0. The van der Waals surface area contributed by atoms with Crippen LogP contribution >= 0.6 is 12.4 Å². The summed E-state index contributed by atoms with van der Waals surface area (Å²) < 4.78 is 0. The number of carbonyl (C=O) groups excluding carboxylic acids is 1. The molecule has 1 aliphatic heterocycles. The third-order valence-electron chi connectivity index (χ3n) is 1.27. The van der Waals surface area contributed by atoms with Crippen molar-refractivity contribution in [1.82, 2.24) is 10.2 Å². The molecule has 9 heavy (non-hydrogen) atoms. The summed E-state index contributed by atoms with van der Waals surface area (Å²) in [7, 11) is 1.99. The van der Waals surface area contributed by atoms with Gasteiger partial charge in [-0.05, 0) is 7.05 Å². The molecule has 4 heteroatoms. The Hall–Kier alpha value is -0.280. The fourth-order valence-electron chi connectivity index (χ4n) is 0.683. The quantitative estimate of drug-likeness (QED) is 0.520. The van der Waals surface area contributed by atoms with Crippen LogP contribution in [0.3, 0.4) is 0 Å². The normalized spacial score (nSPS) is 20.3. The Kier molecular flexibility index (Phi) is 3.58. The second-order valence-electron chi connectivity index (χ2n) is 2.09. The highest BCUT2D eigenvalue weighted by atomic mass is 35.5. The van der Waals surface area contributed by atoms with Crippen molar-refractivity contribution in [3.8, 4) is 0 Å². The van der Waals surface area contributed by atoms with Crippen molar-refractivity contribution in [2.45, 2.75) is 6.42 Å². The molecule has 0 aliphatic carbocycles. The maximum absolute atomic E-state index is 10.5. The molecule has 0 aromatic heterocycles. The van der Waals surface area contributed by atoms with E-state index in [1.54, 1.807) is 0 Å². The van der Waals surface area contributed by atoms with Gasteiger partial charge >= 0.3 is 0 Å². The SMILES string of the molecule is CN1CCC(=O)NC1.Cl. The van der Waals surface area contributed by atoms with Gasteiger partial charge in [0.05, 0.1) is 6.67 Å². The highest BCUT2D eigenvalue weighted by Crippen LogP contribution is 1.91. The van der Waals surface area contributed by atoms with E-state index in [-0.39, 0.29) is 18.3 Å². The molecule has 1 fully saturated rings. The fraction of sp³-hybridized carbons (Fsp3) is 0.800. The van der Waals surface area contributed by atoms with Gasteiger partial charge in [0.1, 0.15) is 0 Å². The molecule has 0 radical (unpaired) electrons.